The molecule has 38 heavy (non-hydrogen) atoms. The minimum absolute atomic E-state index is 0.0450. The average Bonchev–Trinajstić information content (AvgIpc) is 3.45. The molecule has 2 aliphatic heterocycles. The van der Waals surface area contributed by atoms with Crippen LogP contribution in [0.3, 0.4) is 0 Å². The number of hydrogen-bond donors (Lipinski definition) is 1. The van der Waals surface area contributed by atoms with Gasteiger partial charge in [-0.1, -0.05) is 36.4 Å². The van der Waals surface area contributed by atoms with Crippen molar-refractivity contribution in [2.45, 2.75) is 36.8 Å². The number of anilines is 1. The number of pyridine rings is 1. The van der Waals surface area contributed by atoms with Gasteiger partial charge in [-0.2, -0.15) is 26.7 Å². The Labute approximate surface area is 210 Å². The molecular weight excluding hydrogens is 513 g/mol. The van der Waals surface area contributed by atoms with Crippen molar-refractivity contribution in [3.8, 4) is 0 Å². The van der Waals surface area contributed by atoms with Crippen molar-refractivity contribution in [1.29, 1.82) is 0 Å². The molecule has 1 atom stereocenters. The summed E-state index contributed by atoms with van der Waals surface area (Å²) in [6, 6.07) is 9.58. The second-order valence-electron chi connectivity index (χ2n) is 8.97. The van der Waals surface area contributed by atoms with Crippen molar-refractivity contribution in [2.75, 3.05) is 18.0 Å². The van der Waals surface area contributed by atoms with Crippen molar-refractivity contribution in [1.82, 2.24) is 29.9 Å². The van der Waals surface area contributed by atoms with Crippen molar-refractivity contribution < 1.29 is 27.1 Å². The van der Waals surface area contributed by atoms with Crippen LogP contribution >= 0.6 is 0 Å². The lowest BCUT2D eigenvalue weighted by Crippen LogP contribution is -2.32. The van der Waals surface area contributed by atoms with Crippen LogP contribution in [0.5, 0.6) is 0 Å². The molecule has 196 valence electrons. The van der Waals surface area contributed by atoms with Gasteiger partial charge in [-0.05, 0) is 12.5 Å². The van der Waals surface area contributed by atoms with Crippen LogP contribution in [0.25, 0.3) is 11.2 Å². The maximum atomic E-state index is 15.4. The number of rotatable bonds is 6. The van der Waals surface area contributed by atoms with Crippen LogP contribution in [-0.2, 0) is 18.1 Å². The van der Waals surface area contributed by atoms with Crippen LogP contribution in [0.2, 0.25) is 0 Å². The number of alkyl halides is 5. The summed E-state index contributed by atoms with van der Waals surface area (Å²) in [4.78, 5) is 14.8. The highest BCUT2D eigenvalue weighted by Gasteiger charge is 2.66. The summed E-state index contributed by atoms with van der Waals surface area (Å²) in [6.07, 6.45) is -3.74. The number of aromatic nitrogens is 6. The van der Waals surface area contributed by atoms with Gasteiger partial charge in [0.25, 0.3) is 0 Å². The van der Waals surface area contributed by atoms with Gasteiger partial charge in [-0.25, -0.2) is 9.97 Å². The monoisotopic (exact) mass is 531 g/mol. The van der Waals surface area contributed by atoms with E-state index in [1.165, 1.54) is 42.6 Å². The summed E-state index contributed by atoms with van der Waals surface area (Å²) >= 11 is 0. The van der Waals surface area contributed by atoms with Crippen LogP contribution in [0.4, 0.5) is 27.8 Å². The van der Waals surface area contributed by atoms with E-state index in [9.17, 15) is 18.3 Å². The number of aliphatic hydroxyl groups is 1. The maximum absolute atomic E-state index is 15.4. The minimum Gasteiger partial charge on any atom is -0.391 e. The number of fused-ring (bicyclic) bond motifs is 1. The highest BCUT2D eigenvalue weighted by atomic mass is 19.4. The normalized spacial score (nSPS) is 18.9. The van der Waals surface area contributed by atoms with Gasteiger partial charge in [0.1, 0.15) is 6.54 Å². The molecule has 1 N–H and O–H groups in total. The zero-order chi connectivity index (χ0) is 26.7. The van der Waals surface area contributed by atoms with Crippen LogP contribution < -0.4 is 4.90 Å². The number of nitrogens with zero attached hydrogens (tertiary/aromatic N) is 9. The van der Waals surface area contributed by atoms with Crippen LogP contribution in [0.15, 0.2) is 58.9 Å². The van der Waals surface area contributed by atoms with Crippen molar-refractivity contribution >= 4 is 17.0 Å². The molecule has 0 radical (unpaired) electrons. The van der Waals surface area contributed by atoms with E-state index in [1.807, 2.05) is 0 Å². The Morgan fingerprint density at radius 1 is 0.974 bits per heavy atom. The fourth-order valence-corrected chi connectivity index (χ4v) is 4.42. The summed E-state index contributed by atoms with van der Waals surface area (Å²) in [5.74, 6) is -4.34. The zero-order valence-electron chi connectivity index (χ0n) is 19.4. The minimum atomic E-state index is -4.76. The Balaban J connectivity index is 1.44. The number of aliphatic hydroxyl groups excluding tert-OH is 1. The second kappa shape index (κ2) is 8.44. The first-order valence-electron chi connectivity index (χ1n) is 11.5. The van der Waals surface area contributed by atoms with Crippen LogP contribution in [-0.4, -0.2) is 60.4 Å². The Morgan fingerprint density at radius 2 is 1.74 bits per heavy atom. The molecule has 0 aliphatic carbocycles. The van der Waals surface area contributed by atoms with Gasteiger partial charge >= 0.3 is 17.8 Å². The smallest absolute Gasteiger partial charge is 0.391 e. The zero-order valence-corrected chi connectivity index (χ0v) is 19.4. The maximum Gasteiger partial charge on any atom is 0.442 e. The third-order valence-electron chi connectivity index (χ3n) is 6.41. The SMILES string of the molecule is OC1CCN(c2nc(C(F)(F)c3ccccc3)nc3nn(Cc4ncccc4C4(C(F)(F)F)N=N4)nc23)C1. The lowest BCUT2D eigenvalue weighted by Gasteiger charge is -2.20. The Morgan fingerprint density at radius 3 is 2.39 bits per heavy atom. The number of benzene rings is 1. The average molecular weight is 531 g/mol. The second-order valence-corrected chi connectivity index (χ2v) is 8.97. The van der Waals surface area contributed by atoms with E-state index in [0.29, 0.717) is 13.0 Å². The van der Waals surface area contributed by atoms with Gasteiger partial charge in [0.2, 0.25) is 11.5 Å². The standard InChI is InChI=1S/C23H18F5N9O/c24-21(25,13-5-2-1-3-6-13)20-30-18-17(19(31-20)36-10-8-14(38)11-36)32-37(33-18)12-16-15(7-4-9-29-16)22(34-35-22)23(26,27)28/h1-7,9,14,38H,8,10-12H2. The lowest BCUT2D eigenvalue weighted by atomic mass is 10.0. The number of halogens is 5. The molecular formula is C23H18F5N9O. The van der Waals surface area contributed by atoms with E-state index in [-0.39, 0.29) is 46.9 Å². The summed E-state index contributed by atoms with van der Waals surface area (Å²) < 4.78 is 71.8. The quantitative estimate of drug-likeness (QED) is 0.378. The number of β-amino-alcohol motifs (C(OH)–C–C–N with tert-alkyl or cyclic N) is 1. The first-order valence-corrected chi connectivity index (χ1v) is 11.5. The van der Waals surface area contributed by atoms with Gasteiger partial charge in [-0.3, -0.25) is 4.98 Å². The Bertz CT molecular complexity index is 1530. The summed E-state index contributed by atoms with van der Waals surface area (Å²) in [5.41, 5.74) is -3.46. The Hall–Kier alpha value is -4.14. The fraction of sp³-hybridized carbons (Fsp3) is 0.348. The Kier molecular flexibility index (Phi) is 5.38. The van der Waals surface area contributed by atoms with Crippen LogP contribution in [0, 0.1) is 0 Å². The molecule has 0 amide bonds. The van der Waals surface area contributed by atoms with Gasteiger partial charge in [0.15, 0.2) is 11.3 Å². The van der Waals surface area contributed by atoms with Crippen molar-refractivity contribution in [2.24, 2.45) is 10.2 Å². The van der Waals surface area contributed by atoms with E-state index in [1.54, 1.807) is 11.0 Å². The van der Waals surface area contributed by atoms with E-state index in [2.05, 4.69) is 35.4 Å². The van der Waals surface area contributed by atoms with Gasteiger partial charge in [0.05, 0.1) is 11.8 Å². The molecule has 15 heteroatoms. The molecule has 2 aliphatic rings. The molecule has 4 aromatic rings. The number of hydrogen-bond acceptors (Lipinski definition) is 9. The van der Waals surface area contributed by atoms with E-state index in [0.717, 1.165) is 4.80 Å². The lowest BCUT2D eigenvalue weighted by molar-refractivity contribution is -0.166. The predicted octanol–water partition coefficient (Wildman–Crippen LogP) is 3.56. The van der Waals surface area contributed by atoms with Crippen LogP contribution in [0.1, 0.15) is 29.1 Å². The highest BCUT2D eigenvalue weighted by molar-refractivity contribution is 5.82. The predicted molar refractivity (Wildman–Crippen MR) is 121 cm³/mol. The molecule has 1 saturated heterocycles. The van der Waals surface area contributed by atoms with Gasteiger partial charge in [0, 0.05) is 30.4 Å². The molecule has 3 aromatic heterocycles. The van der Waals surface area contributed by atoms with Gasteiger partial charge in [-0.15, -0.1) is 20.4 Å². The third-order valence-corrected chi connectivity index (χ3v) is 6.41. The summed E-state index contributed by atoms with van der Waals surface area (Å²) in [7, 11) is 0. The molecule has 0 saturated carbocycles. The molecule has 6 rings (SSSR count). The van der Waals surface area contributed by atoms with Crippen molar-refractivity contribution in [3.63, 3.8) is 0 Å². The van der Waals surface area contributed by atoms with E-state index >= 15 is 8.78 Å². The third kappa shape index (κ3) is 3.93. The fourth-order valence-electron chi connectivity index (χ4n) is 4.42. The van der Waals surface area contributed by atoms with E-state index < -0.39 is 29.7 Å². The molecule has 10 nitrogen and oxygen atoms in total. The van der Waals surface area contributed by atoms with E-state index in [4.69, 9.17) is 0 Å². The first-order chi connectivity index (χ1) is 18.1. The molecule has 0 bridgehead atoms. The molecule has 5 heterocycles. The molecule has 0 spiro atoms. The summed E-state index contributed by atoms with van der Waals surface area (Å²) in [5, 5.41) is 25.0. The molecule has 1 fully saturated rings. The highest BCUT2D eigenvalue weighted by Crippen LogP contribution is 2.53. The first kappa shape index (κ1) is 24.2. The van der Waals surface area contributed by atoms with Crippen molar-refractivity contribution in [3.05, 3.63) is 71.3 Å². The molecule has 1 aromatic carbocycles. The topological polar surface area (TPSA) is 118 Å². The summed E-state index contributed by atoms with van der Waals surface area (Å²) in [6.45, 7) is 0.136. The largest absolute Gasteiger partial charge is 0.442 e. The van der Waals surface area contributed by atoms with Gasteiger partial charge < -0.3 is 10.0 Å². The molecule has 1 unspecified atom stereocenters.